The van der Waals surface area contributed by atoms with Crippen LogP contribution in [0.3, 0.4) is 0 Å². The lowest BCUT2D eigenvalue weighted by atomic mass is 9.93. The molecule has 1 aromatic heterocycles. The Hall–Kier alpha value is -3.43. The molecule has 188 valence electrons. The molecular weight excluding hydrogens is 500 g/mol. The highest BCUT2D eigenvalue weighted by molar-refractivity contribution is 7.15. The molecule has 0 fully saturated rings. The van der Waals surface area contributed by atoms with E-state index in [2.05, 4.69) is 10.3 Å². The average Bonchev–Trinajstić information content (AvgIpc) is 3.32. The molecule has 3 aromatic rings. The fourth-order valence-corrected chi connectivity index (χ4v) is 4.42. The first-order chi connectivity index (χ1) is 17.3. The van der Waals surface area contributed by atoms with E-state index in [4.69, 9.17) is 26.1 Å². The zero-order valence-electron chi connectivity index (χ0n) is 20.2. The summed E-state index contributed by atoms with van der Waals surface area (Å²) in [5.74, 6) is 0.691. The van der Waals surface area contributed by atoms with Gasteiger partial charge in [0.1, 0.15) is 10.6 Å². The average molecular weight is 527 g/mol. The number of guanidine groups is 1. The van der Waals surface area contributed by atoms with Gasteiger partial charge in [-0.1, -0.05) is 48.9 Å². The first kappa shape index (κ1) is 25.7. The molecular formula is C26H27ClN4O4S. The van der Waals surface area contributed by atoms with Crippen LogP contribution in [-0.2, 0) is 16.1 Å². The normalized spacial score (nSPS) is 15.6. The second kappa shape index (κ2) is 11.5. The molecule has 10 heteroatoms. The maximum absolute atomic E-state index is 13.3. The molecule has 1 unspecified atom stereocenters. The van der Waals surface area contributed by atoms with Crippen LogP contribution in [0.15, 0.2) is 59.7 Å². The summed E-state index contributed by atoms with van der Waals surface area (Å²) in [6.07, 6.45) is 1.44. The van der Waals surface area contributed by atoms with Crippen LogP contribution < -0.4 is 10.1 Å². The maximum atomic E-state index is 13.3. The Kier molecular flexibility index (Phi) is 8.22. The number of hydrogen-bond donors (Lipinski definition) is 1. The summed E-state index contributed by atoms with van der Waals surface area (Å²) < 4.78 is 10.7. The summed E-state index contributed by atoms with van der Waals surface area (Å²) in [7, 11) is 0. The quantitative estimate of drug-likeness (QED) is 0.370. The number of amides is 1. The van der Waals surface area contributed by atoms with E-state index in [0.29, 0.717) is 46.5 Å². The number of esters is 1. The number of nitrogens with zero attached hydrogens (tertiary/aromatic N) is 3. The van der Waals surface area contributed by atoms with E-state index in [1.807, 2.05) is 50.2 Å². The standard InChI is InChI=1S/C26H27ClN4O4S/c1-4-34-24(33)22-14-29-26(36-22)35-20-11-9-19(10-12-20)30-25-28-13-21(16(2)3)23(32)31(25)15-17-5-7-18(27)8-6-17/h5-12,14,16,21H,4,13,15H2,1-3H3,(H,28,30). The van der Waals surface area contributed by atoms with Gasteiger partial charge in [-0.2, -0.15) is 0 Å². The number of rotatable bonds is 8. The highest BCUT2D eigenvalue weighted by Crippen LogP contribution is 2.28. The lowest BCUT2D eigenvalue weighted by Crippen LogP contribution is -2.49. The molecule has 0 spiro atoms. The van der Waals surface area contributed by atoms with Crippen molar-refractivity contribution in [2.75, 3.05) is 18.5 Å². The van der Waals surface area contributed by atoms with Crippen molar-refractivity contribution in [3.8, 4) is 10.9 Å². The number of aliphatic imine (C=N–C) groups is 1. The van der Waals surface area contributed by atoms with Crippen molar-refractivity contribution in [2.24, 2.45) is 16.8 Å². The van der Waals surface area contributed by atoms with Crippen LogP contribution in [0.4, 0.5) is 5.69 Å². The topological polar surface area (TPSA) is 93.1 Å². The molecule has 1 amide bonds. The molecule has 1 N–H and O–H groups in total. The highest BCUT2D eigenvalue weighted by Gasteiger charge is 2.33. The van der Waals surface area contributed by atoms with Gasteiger partial charge in [0.25, 0.3) is 5.19 Å². The smallest absolute Gasteiger partial charge is 0.350 e. The van der Waals surface area contributed by atoms with Crippen LogP contribution >= 0.6 is 22.9 Å². The van der Waals surface area contributed by atoms with Gasteiger partial charge in [0.05, 0.1) is 31.8 Å². The molecule has 0 saturated heterocycles. The molecule has 0 bridgehead atoms. The van der Waals surface area contributed by atoms with E-state index in [9.17, 15) is 9.59 Å². The molecule has 0 aliphatic carbocycles. The summed E-state index contributed by atoms with van der Waals surface area (Å²) in [5, 5.41) is 4.26. The molecule has 4 rings (SSSR count). The summed E-state index contributed by atoms with van der Waals surface area (Å²) >= 11 is 7.14. The van der Waals surface area contributed by atoms with Crippen LogP contribution in [0.1, 0.15) is 36.0 Å². The van der Waals surface area contributed by atoms with E-state index in [0.717, 1.165) is 22.6 Å². The predicted octanol–water partition coefficient (Wildman–Crippen LogP) is 5.85. The molecule has 8 nitrogen and oxygen atoms in total. The van der Waals surface area contributed by atoms with Gasteiger partial charge in [0.15, 0.2) is 0 Å². The third kappa shape index (κ3) is 6.22. The Balaban J connectivity index is 1.46. The monoisotopic (exact) mass is 526 g/mol. The van der Waals surface area contributed by atoms with Gasteiger partial charge in [-0.25, -0.2) is 9.78 Å². The van der Waals surface area contributed by atoms with Crippen molar-refractivity contribution in [3.63, 3.8) is 0 Å². The third-order valence-corrected chi connectivity index (χ3v) is 6.72. The second-order valence-corrected chi connectivity index (χ2v) is 9.96. The number of benzene rings is 2. The SMILES string of the molecule is CCOC(=O)c1cnc(Oc2ccc(NC3=NCC(C(C)C)C(=O)N3Cc3ccc(Cl)cc3)cc2)s1. The van der Waals surface area contributed by atoms with Crippen LogP contribution in [0, 0.1) is 11.8 Å². The molecule has 1 aliphatic heterocycles. The molecule has 1 atom stereocenters. The number of nitrogens with one attached hydrogen (secondary N) is 1. The molecule has 2 aromatic carbocycles. The van der Waals surface area contributed by atoms with Crippen LogP contribution in [-0.4, -0.2) is 40.9 Å². The number of thiazole rings is 1. The van der Waals surface area contributed by atoms with Crippen LogP contribution in [0.5, 0.6) is 10.9 Å². The Bertz CT molecular complexity index is 1240. The van der Waals surface area contributed by atoms with Gasteiger partial charge in [-0.15, -0.1) is 0 Å². The van der Waals surface area contributed by atoms with E-state index in [-0.39, 0.29) is 17.7 Å². The fraction of sp³-hybridized carbons (Fsp3) is 0.308. The zero-order chi connectivity index (χ0) is 25.7. The van der Waals surface area contributed by atoms with Crippen LogP contribution in [0.25, 0.3) is 0 Å². The number of aromatic nitrogens is 1. The number of ether oxygens (including phenoxy) is 2. The fourth-order valence-electron chi connectivity index (χ4n) is 3.62. The van der Waals surface area contributed by atoms with Crippen molar-refractivity contribution in [1.29, 1.82) is 0 Å². The van der Waals surface area contributed by atoms with E-state index in [1.54, 1.807) is 24.0 Å². The van der Waals surface area contributed by atoms with Crippen molar-refractivity contribution in [1.82, 2.24) is 9.88 Å². The lowest BCUT2D eigenvalue weighted by Gasteiger charge is -2.34. The van der Waals surface area contributed by atoms with Gasteiger partial charge >= 0.3 is 5.97 Å². The second-order valence-electron chi connectivity index (χ2n) is 8.53. The maximum Gasteiger partial charge on any atom is 0.350 e. The molecule has 0 saturated carbocycles. The minimum atomic E-state index is -0.421. The Labute approximate surface area is 218 Å². The van der Waals surface area contributed by atoms with Crippen LogP contribution in [0.2, 0.25) is 5.02 Å². The number of carbonyl (C=O) groups excluding carboxylic acids is 2. The summed E-state index contributed by atoms with van der Waals surface area (Å²) in [6, 6.07) is 14.7. The Morgan fingerprint density at radius 3 is 2.58 bits per heavy atom. The predicted molar refractivity (Wildman–Crippen MR) is 141 cm³/mol. The largest absolute Gasteiger partial charge is 0.462 e. The van der Waals surface area contributed by atoms with E-state index in [1.165, 1.54) is 6.20 Å². The third-order valence-electron chi connectivity index (χ3n) is 5.61. The minimum Gasteiger partial charge on any atom is -0.462 e. The van der Waals surface area contributed by atoms with Gasteiger partial charge in [-0.05, 0) is 54.8 Å². The first-order valence-corrected chi connectivity index (χ1v) is 12.8. The number of carbonyl (C=O) groups is 2. The Morgan fingerprint density at radius 2 is 1.92 bits per heavy atom. The van der Waals surface area contributed by atoms with E-state index >= 15 is 0 Å². The molecule has 1 aliphatic rings. The summed E-state index contributed by atoms with van der Waals surface area (Å²) in [6.45, 7) is 6.94. The van der Waals surface area contributed by atoms with Gasteiger partial charge in [-0.3, -0.25) is 14.7 Å². The van der Waals surface area contributed by atoms with E-state index < -0.39 is 5.97 Å². The van der Waals surface area contributed by atoms with Crippen molar-refractivity contribution >= 4 is 46.5 Å². The summed E-state index contributed by atoms with van der Waals surface area (Å²) in [4.78, 5) is 36.0. The van der Waals surface area contributed by atoms with Crippen molar-refractivity contribution in [3.05, 3.63) is 70.2 Å². The zero-order valence-corrected chi connectivity index (χ0v) is 21.8. The highest BCUT2D eigenvalue weighted by atomic mass is 35.5. The molecule has 36 heavy (non-hydrogen) atoms. The van der Waals surface area contributed by atoms with Gasteiger partial charge in [0.2, 0.25) is 11.9 Å². The summed E-state index contributed by atoms with van der Waals surface area (Å²) in [5.41, 5.74) is 1.71. The molecule has 2 heterocycles. The first-order valence-electron chi connectivity index (χ1n) is 11.6. The molecule has 0 radical (unpaired) electrons. The van der Waals surface area contributed by atoms with Gasteiger partial charge in [0, 0.05) is 10.7 Å². The van der Waals surface area contributed by atoms with Crippen molar-refractivity contribution in [2.45, 2.75) is 27.3 Å². The lowest BCUT2D eigenvalue weighted by molar-refractivity contribution is -0.133. The number of halogens is 1. The minimum absolute atomic E-state index is 0.0403. The number of hydrogen-bond acceptors (Lipinski definition) is 8. The van der Waals surface area contributed by atoms with Gasteiger partial charge < -0.3 is 14.8 Å². The van der Waals surface area contributed by atoms with Crippen molar-refractivity contribution < 1.29 is 19.1 Å². The number of anilines is 1. The Morgan fingerprint density at radius 1 is 1.19 bits per heavy atom.